The van der Waals surface area contributed by atoms with Crippen molar-refractivity contribution in [2.75, 3.05) is 10.8 Å². The number of benzene rings is 1. The molecule has 0 saturated heterocycles. The molecule has 159 valence electrons. The second kappa shape index (κ2) is 10.1. The molecule has 0 spiro atoms. The van der Waals surface area contributed by atoms with Gasteiger partial charge in [-0.3, -0.25) is 4.68 Å². The van der Waals surface area contributed by atoms with E-state index in [1.807, 2.05) is 13.8 Å². The first kappa shape index (κ1) is 27.6. The largest absolute Gasteiger partial charge is 0.506 e. The maximum absolute atomic E-state index is 13.0. The van der Waals surface area contributed by atoms with Crippen molar-refractivity contribution in [3.05, 3.63) is 54.6 Å². The summed E-state index contributed by atoms with van der Waals surface area (Å²) in [5, 5.41) is 14.3. The predicted molar refractivity (Wildman–Crippen MR) is 104 cm³/mol. The average Bonchev–Trinajstić information content (AvgIpc) is 2.96. The fourth-order valence-corrected chi connectivity index (χ4v) is 4.47. The van der Waals surface area contributed by atoms with Crippen LogP contribution >= 0.6 is 0 Å². The molecule has 6 nitrogen and oxygen atoms in total. The van der Waals surface area contributed by atoms with E-state index in [0.29, 0.717) is 5.56 Å². The second-order valence-electron chi connectivity index (χ2n) is 5.66. The molecule has 0 amide bonds. The van der Waals surface area contributed by atoms with Crippen molar-refractivity contribution in [3.8, 4) is 0 Å². The number of hydrogen-bond acceptors (Lipinski definition) is 4. The van der Waals surface area contributed by atoms with Crippen molar-refractivity contribution < 1.29 is 59.4 Å². The van der Waals surface area contributed by atoms with Gasteiger partial charge in [-0.05, 0) is 12.5 Å². The molecule has 1 aromatic carbocycles. The average molecular weight is 507 g/mol. The Morgan fingerprint density at radius 1 is 1.14 bits per heavy atom. The number of aryl methyl sites for hydroxylation is 2. The van der Waals surface area contributed by atoms with Gasteiger partial charge in [0, 0.05) is 51.5 Å². The van der Waals surface area contributed by atoms with Crippen LogP contribution in [-0.4, -0.2) is 36.0 Å². The van der Waals surface area contributed by atoms with Crippen LogP contribution in [0.15, 0.2) is 30.5 Å². The van der Waals surface area contributed by atoms with E-state index in [0.717, 1.165) is 4.68 Å². The number of fused-ring (bicyclic) bond motifs is 1. The molecular formula is C18H23F3N3O3SY-. The number of sulfonamides is 1. The van der Waals surface area contributed by atoms with Gasteiger partial charge in [0.15, 0.2) is 5.82 Å². The number of aliphatic hydroxyl groups excluding tert-OH is 1. The van der Waals surface area contributed by atoms with Gasteiger partial charge in [0.2, 0.25) is 0 Å². The van der Waals surface area contributed by atoms with Gasteiger partial charge in [0.25, 0.3) is 10.0 Å². The monoisotopic (exact) mass is 507 g/mol. The normalized spacial score (nSPS) is 14.8. The first-order valence-electron chi connectivity index (χ1n) is 8.15. The molecule has 1 radical (unpaired) electrons. The van der Waals surface area contributed by atoms with Gasteiger partial charge in [-0.15, -0.1) is 0 Å². The molecule has 11 heteroatoms. The van der Waals surface area contributed by atoms with Crippen molar-refractivity contribution in [1.82, 2.24) is 9.78 Å². The Bertz CT molecular complexity index is 986. The molecule has 1 aliphatic rings. The maximum Gasteiger partial charge on any atom is 0.407 e. The van der Waals surface area contributed by atoms with Crippen molar-refractivity contribution in [1.29, 1.82) is 0 Å². The van der Waals surface area contributed by atoms with E-state index in [2.05, 4.69) is 5.10 Å². The van der Waals surface area contributed by atoms with Crippen LogP contribution in [0.4, 0.5) is 19.0 Å². The number of aromatic nitrogens is 2. The number of anilines is 1. The maximum atomic E-state index is 13.0. The summed E-state index contributed by atoms with van der Waals surface area (Å²) in [4.78, 5) is -0.560. The fourth-order valence-electron chi connectivity index (χ4n) is 2.71. The van der Waals surface area contributed by atoms with Crippen molar-refractivity contribution >= 4 is 26.5 Å². The molecular weight excluding hydrogens is 484 g/mol. The van der Waals surface area contributed by atoms with Gasteiger partial charge in [0.1, 0.15) is 17.2 Å². The molecule has 0 saturated carbocycles. The smallest absolute Gasteiger partial charge is 0.407 e. The molecule has 0 unspecified atom stereocenters. The summed E-state index contributed by atoms with van der Waals surface area (Å²) in [5.41, 5.74) is 0.577. The molecule has 1 N–H and O–H groups in total. The van der Waals surface area contributed by atoms with Crippen molar-refractivity contribution in [2.45, 2.75) is 26.9 Å². The molecule has 2 heterocycles. The van der Waals surface area contributed by atoms with Gasteiger partial charge in [0.05, 0.1) is 5.56 Å². The Kier molecular flexibility index (Phi) is 9.60. The number of aliphatic hydroxyl groups is 1. The molecule has 0 fully saturated rings. The number of alkyl halides is 3. The SMILES string of the molecule is CC.Cc1ccccc1C1=C(O)c2cn(C)nc2N(CC(F)(F)F)S1(=O)=O.[CH3-].[Y]. The predicted octanol–water partition coefficient (Wildman–Crippen LogP) is 4.30. The Morgan fingerprint density at radius 2 is 1.69 bits per heavy atom. The summed E-state index contributed by atoms with van der Waals surface area (Å²) in [6.07, 6.45) is -3.49. The summed E-state index contributed by atoms with van der Waals surface area (Å²) in [7, 11) is -3.23. The first-order chi connectivity index (χ1) is 12.5. The van der Waals surface area contributed by atoms with Gasteiger partial charge in [-0.25, -0.2) is 12.7 Å². The second-order valence-corrected chi connectivity index (χ2v) is 7.46. The van der Waals surface area contributed by atoms with Crippen LogP contribution in [0, 0.1) is 14.4 Å². The summed E-state index contributed by atoms with van der Waals surface area (Å²) < 4.78 is 66.0. The molecule has 0 atom stereocenters. The van der Waals surface area contributed by atoms with Crippen LogP contribution in [0.2, 0.25) is 0 Å². The van der Waals surface area contributed by atoms with Gasteiger partial charge in [-0.2, -0.15) is 18.3 Å². The Morgan fingerprint density at radius 3 is 2.21 bits per heavy atom. The van der Waals surface area contributed by atoms with Gasteiger partial charge in [-0.1, -0.05) is 38.1 Å². The van der Waals surface area contributed by atoms with Gasteiger partial charge >= 0.3 is 6.18 Å². The zero-order valence-corrected chi connectivity index (χ0v) is 20.5. The first-order valence-corrected chi connectivity index (χ1v) is 9.59. The van der Waals surface area contributed by atoms with E-state index in [1.54, 1.807) is 25.1 Å². The summed E-state index contributed by atoms with van der Waals surface area (Å²) in [6.45, 7) is 3.87. The third-order valence-corrected chi connectivity index (χ3v) is 5.59. The summed E-state index contributed by atoms with van der Waals surface area (Å²) in [5.74, 6) is -1.06. The van der Waals surface area contributed by atoms with E-state index < -0.39 is 39.2 Å². The fraction of sp³-hybridized carbons (Fsp3) is 0.333. The Hall–Kier alpha value is -1.39. The Balaban J connectivity index is 0.00000190. The molecule has 0 bridgehead atoms. The molecule has 1 aliphatic heterocycles. The third kappa shape index (κ3) is 5.41. The molecule has 0 aliphatic carbocycles. The molecule has 3 rings (SSSR count). The minimum absolute atomic E-state index is 0. The number of halogens is 3. The van der Waals surface area contributed by atoms with Crippen molar-refractivity contribution in [2.24, 2.45) is 7.05 Å². The van der Waals surface area contributed by atoms with Crippen LogP contribution in [0.25, 0.3) is 10.7 Å². The minimum atomic E-state index is -4.77. The standard InChI is InChI=1S/C15H14F3N3O3S.C2H6.CH3.Y/c1-9-5-3-4-6-10(9)13-12(22)11-7-20(2)19-14(11)21(25(13,23)24)8-15(16,17)18;1-2;;/h3-7,22H,8H2,1-2H3;1-2H3;1H3;/q;;-1;. The van der Waals surface area contributed by atoms with E-state index in [4.69, 9.17) is 0 Å². The van der Waals surface area contributed by atoms with Crippen molar-refractivity contribution in [3.63, 3.8) is 0 Å². The number of hydrogen-bond donors (Lipinski definition) is 1. The van der Waals surface area contributed by atoms with Crippen LogP contribution < -0.4 is 4.31 Å². The molecule has 2 aromatic rings. The summed E-state index contributed by atoms with van der Waals surface area (Å²) in [6, 6.07) is 6.25. The van der Waals surface area contributed by atoms with Crippen LogP contribution in [0.1, 0.15) is 30.5 Å². The van der Waals surface area contributed by atoms with E-state index in [1.165, 1.54) is 19.3 Å². The quantitative estimate of drug-likeness (QED) is 0.616. The number of rotatable bonds is 2. The Labute approximate surface area is 194 Å². The van der Waals surface area contributed by atoms with Crippen LogP contribution in [0.5, 0.6) is 0 Å². The zero-order chi connectivity index (χ0) is 20.6. The van der Waals surface area contributed by atoms with E-state index >= 15 is 0 Å². The molecule has 29 heavy (non-hydrogen) atoms. The summed E-state index contributed by atoms with van der Waals surface area (Å²) >= 11 is 0. The number of nitrogens with zero attached hydrogens (tertiary/aromatic N) is 3. The molecule has 1 aromatic heterocycles. The topological polar surface area (TPSA) is 75.4 Å². The van der Waals surface area contributed by atoms with Gasteiger partial charge < -0.3 is 12.5 Å². The van der Waals surface area contributed by atoms with Crippen LogP contribution in [-0.2, 0) is 49.8 Å². The van der Waals surface area contributed by atoms with Crippen LogP contribution in [0.3, 0.4) is 0 Å². The minimum Gasteiger partial charge on any atom is -0.506 e. The third-order valence-electron chi connectivity index (χ3n) is 3.78. The van der Waals surface area contributed by atoms with E-state index in [9.17, 15) is 26.7 Å². The van der Waals surface area contributed by atoms with E-state index in [-0.39, 0.29) is 55.6 Å². The zero-order valence-electron chi connectivity index (χ0n) is 16.8.